The molecule has 0 spiro atoms. The van der Waals surface area contributed by atoms with E-state index >= 15 is 0 Å². The minimum absolute atomic E-state index is 0.0245. The number of nitrogens with one attached hydrogen (secondary N) is 1. The van der Waals surface area contributed by atoms with Gasteiger partial charge in [0.05, 0.1) is 0 Å². The van der Waals surface area contributed by atoms with E-state index in [2.05, 4.69) is 9.62 Å². The van der Waals surface area contributed by atoms with Crippen LogP contribution in [0.3, 0.4) is 0 Å². The Bertz CT molecular complexity index is 922. The quantitative estimate of drug-likeness (QED) is 0.701. The smallest absolute Gasteiger partial charge is 0.254 e. The Balaban J connectivity index is 1.66. The predicted molar refractivity (Wildman–Crippen MR) is 107 cm³/mol. The molecule has 1 amide bonds. The fourth-order valence-corrected chi connectivity index (χ4v) is 3.96. The van der Waals surface area contributed by atoms with Crippen LogP contribution >= 0.6 is 0 Å². The van der Waals surface area contributed by atoms with Crippen molar-refractivity contribution in [3.05, 3.63) is 65.2 Å². The van der Waals surface area contributed by atoms with Crippen LogP contribution in [0.25, 0.3) is 0 Å². The Morgan fingerprint density at radius 2 is 1.76 bits per heavy atom. The van der Waals surface area contributed by atoms with Gasteiger partial charge in [-0.05, 0) is 48.4 Å². The number of carbonyl (C=O) groups excluding carboxylic acids is 1. The normalized spacial score (nSPS) is 17.5. The van der Waals surface area contributed by atoms with Crippen molar-refractivity contribution in [2.24, 2.45) is 0 Å². The molecule has 9 heteroatoms. The maximum atomic E-state index is 13.4. The highest BCUT2D eigenvalue weighted by Gasteiger charge is 2.30. The molecule has 1 atom stereocenters. The monoisotopic (exact) mass is 423 g/mol. The zero-order valence-corrected chi connectivity index (χ0v) is 16.9. The summed E-state index contributed by atoms with van der Waals surface area (Å²) in [5, 5.41) is 0. The molecule has 1 aliphatic heterocycles. The van der Waals surface area contributed by atoms with Crippen LogP contribution in [0.15, 0.2) is 42.5 Å². The summed E-state index contributed by atoms with van der Waals surface area (Å²) in [6.45, 7) is 4.12. The number of anilines is 1. The number of hydrogen-bond donors (Lipinski definition) is 2. The summed E-state index contributed by atoms with van der Waals surface area (Å²) in [6.07, 6.45) is 0.746. The molecule has 156 valence electrons. The number of halogens is 2. The molecule has 2 aromatic carbocycles. The fraction of sp³-hybridized carbons (Fsp3) is 0.350. The van der Waals surface area contributed by atoms with E-state index < -0.39 is 22.5 Å². The summed E-state index contributed by atoms with van der Waals surface area (Å²) in [7, 11) is -2.75. The highest BCUT2D eigenvalue weighted by molar-refractivity contribution is 7.73. The van der Waals surface area contributed by atoms with Crippen molar-refractivity contribution >= 4 is 22.5 Å². The van der Waals surface area contributed by atoms with Gasteiger partial charge in [0.15, 0.2) is 0 Å². The van der Waals surface area contributed by atoms with Crippen LogP contribution in [-0.2, 0) is 17.4 Å². The lowest BCUT2D eigenvalue weighted by atomic mass is 10.1. The lowest BCUT2D eigenvalue weighted by molar-refractivity contribution is 0.0430. The predicted octanol–water partition coefficient (Wildman–Crippen LogP) is 2.64. The Morgan fingerprint density at radius 3 is 2.34 bits per heavy atom. The third-order valence-electron chi connectivity index (χ3n) is 4.98. The van der Waals surface area contributed by atoms with E-state index in [1.54, 1.807) is 29.2 Å². The molecule has 1 N–H and O–H groups in total. The molecule has 0 unspecified atom stereocenters. The number of amides is 1. The first-order valence-corrected chi connectivity index (χ1v) is 10.5. The maximum Gasteiger partial charge on any atom is 0.254 e. The molecule has 0 saturated carbocycles. The molecular weight excluding hydrogens is 400 g/mol. The van der Waals surface area contributed by atoms with Crippen molar-refractivity contribution < 1.29 is 22.0 Å². The lowest BCUT2D eigenvalue weighted by Gasteiger charge is -2.41. The van der Waals surface area contributed by atoms with Gasteiger partial charge in [-0.25, -0.2) is 17.2 Å². The Kier molecular flexibility index (Phi) is 6.81. The van der Waals surface area contributed by atoms with E-state index in [1.807, 2.05) is 6.92 Å². The van der Waals surface area contributed by atoms with Crippen LogP contribution in [0, 0.1) is 11.6 Å². The zero-order chi connectivity index (χ0) is 21.0. The van der Waals surface area contributed by atoms with E-state index in [-0.39, 0.29) is 11.9 Å². The number of carbonyl (C=O) groups is 1. The van der Waals surface area contributed by atoms with Crippen LogP contribution in [0.2, 0.25) is 0 Å². The second-order valence-corrected chi connectivity index (χ2v) is 7.76. The highest BCUT2D eigenvalue weighted by atomic mass is 32.2. The van der Waals surface area contributed by atoms with Gasteiger partial charge in [-0.3, -0.25) is 14.4 Å². The average molecular weight is 423 g/mol. The second-order valence-electron chi connectivity index (χ2n) is 7.02. The van der Waals surface area contributed by atoms with E-state index in [0.717, 1.165) is 12.5 Å². The number of thiol groups is 1. The fourth-order valence-electron chi connectivity index (χ4n) is 3.60. The lowest BCUT2D eigenvalue weighted by Crippen LogP contribution is -2.54. The molecular formula is C20H23F2N3O3S. The van der Waals surface area contributed by atoms with E-state index in [4.69, 9.17) is 0 Å². The molecule has 1 heterocycles. The van der Waals surface area contributed by atoms with Gasteiger partial charge in [0.25, 0.3) is 5.91 Å². The summed E-state index contributed by atoms with van der Waals surface area (Å²) >= 11 is 0. The number of rotatable bonds is 6. The van der Waals surface area contributed by atoms with Crippen LogP contribution in [0.5, 0.6) is 0 Å². The molecule has 1 saturated heterocycles. The van der Waals surface area contributed by atoms with Crippen molar-refractivity contribution in [1.82, 2.24) is 9.80 Å². The zero-order valence-electron chi connectivity index (χ0n) is 16.0. The SMILES string of the molecule is CC[C@H]1CN(Cc2cc(F)cc(F)c2)CCN1C(=O)c1ccc(N[SH](=O)=O)cc1. The average Bonchev–Trinajstić information content (AvgIpc) is 2.66. The Morgan fingerprint density at radius 1 is 1.10 bits per heavy atom. The number of piperazine rings is 1. The summed E-state index contributed by atoms with van der Waals surface area (Å²) in [5.41, 5.74) is 1.45. The van der Waals surface area contributed by atoms with E-state index in [9.17, 15) is 22.0 Å². The number of nitrogens with zero attached hydrogens (tertiary/aromatic N) is 2. The van der Waals surface area contributed by atoms with Gasteiger partial charge < -0.3 is 4.90 Å². The largest absolute Gasteiger partial charge is 0.333 e. The minimum atomic E-state index is -2.75. The van der Waals surface area contributed by atoms with Crippen molar-refractivity contribution in [2.75, 3.05) is 24.4 Å². The van der Waals surface area contributed by atoms with Crippen LogP contribution in [0.4, 0.5) is 14.5 Å². The van der Waals surface area contributed by atoms with E-state index in [0.29, 0.717) is 43.0 Å². The van der Waals surface area contributed by atoms with Gasteiger partial charge in [0.2, 0.25) is 10.9 Å². The van der Waals surface area contributed by atoms with Crippen LogP contribution < -0.4 is 4.72 Å². The molecule has 0 aromatic heterocycles. The van der Waals surface area contributed by atoms with E-state index in [1.165, 1.54) is 12.1 Å². The van der Waals surface area contributed by atoms with Crippen molar-refractivity contribution in [3.8, 4) is 0 Å². The molecule has 0 radical (unpaired) electrons. The molecule has 0 aliphatic carbocycles. The van der Waals surface area contributed by atoms with Gasteiger partial charge in [0, 0.05) is 49.5 Å². The van der Waals surface area contributed by atoms with Gasteiger partial charge >= 0.3 is 0 Å². The molecule has 3 rings (SSSR count). The summed E-state index contributed by atoms with van der Waals surface area (Å²) in [4.78, 5) is 16.8. The standard InChI is InChI=1S/C20H23F2N3O3S/c1-2-19-13-24(12-14-9-16(21)11-17(22)10-14)7-8-25(19)20(26)15-3-5-18(6-4-15)23-29(27)28/h3-6,9-11,19,29H,2,7-8,12-13H2,1H3,(H,23,27,28)/t19-/m0/s1. The van der Waals surface area contributed by atoms with Gasteiger partial charge in [-0.15, -0.1) is 0 Å². The first-order chi connectivity index (χ1) is 13.9. The molecule has 1 fully saturated rings. The highest BCUT2D eigenvalue weighted by Crippen LogP contribution is 2.20. The summed E-state index contributed by atoms with van der Waals surface area (Å²) < 4.78 is 50.6. The maximum absolute atomic E-state index is 13.4. The van der Waals surface area contributed by atoms with Crippen LogP contribution in [-0.4, -0.2) is 49.8 Å². The third kappa shape index (κ3) is 5.51. The Labute approximate surface area is 170 Å². The molecule has 0 bridgehead atoms. The second kappa shape index (κ2) is 9.32. The Hall–Kier alpha value is -2.52. The van der Waals surface area contributed by atoms with Crippen LogP contribution in [0.1, 0.15) is 29.3 Å². The minimum Gasteiger partial charge on any atom is -0.333 e. The third-order valence-corrected chi connectivity index (χ3v) is 5.42. The molecule has 29 heavy (non-hydrogen) atoms. The number of benzene rings is 2. The summed E-state index contributed by atoms with van der Waals surface area (Å²) in [6, 6.07) is 9.77. The number of hydrogen-bond acceptors (Lipinski definition) is 4. The molecule has 1 aliphatic rings. The first-order valence-electron chi connectivity index (χ1n) is 9.35. The van der Waals surface area contributed by atoms with Crippen molar-refractivity contribution in [1.29, 1.82) is 0 Å². The molecule has 6 nitrogen and oxygen atoms in total. The topological polar surface area (TPSA) is 69.7 Å². The van der Waals surface area contributed by atoms with Gasteiger partial charge in [-0.1, -0.05) is 6.92 Å². The van der Waals surface area contributed by atoms with Gasteiger partial charge in [0.1, 0.15) is 11.6 Å². The summed E-state index contributed by atoms with van der Waals surface area (Å²) in [5.74, 6) is -1.31. The molecule has 2 aromatic rings. The van der Waals surface area contributed by atoms with Crippen molar-refractivity contribution in [3.63, 3.8) is 0 Å². The van der Waals surface area contributed by atoms with Gasteiger partial charge in [-0.2, -0.15) is 0 Å². The van der Waals surface area contributed by atoms with Crippen molar-refractivity contribution in [2.45, 2.75) is 25.9 Å². The first kappa shape index (κ1) is 21.2.